The highest BCUT2D eigenvalue weighted by atomic mass is 32.2. The van der Waals surface area contributed by atoms with Crippen LogP contribution in [0.15, 0.2) is 53.4 Å². The van der Waals surface area contributed by atoms with Crippen molar-refractivity contribution >= 4 is 29.5 Å². The van der Waals surface area contributed by atoms with Crippen LogP contribution in [0.5, 0.6) is 0 Å². The van der Waals surface area contributed by atoms with E-state index in [1.165, 1.54) is 16.7 Å². The number of amides is 2. The second kappa shape index (κ2) is 6.88. The standard InChI is InChI=1S/C18H15NO4S/c20-16-12-6-1-2-7-13(12)17(21)19(16)10-5-11-24-15-9-4-3-8-14(15)18(22)23/h1-4,6-9H,5,10-11H2,(H,22,23). The fourth-order valence-electron chi connectivity index (χ4n) is 2.62. The number of nitrogens with zero attached hydrogens (tertiary/aromatic N) is 1. The maximum absolute atomic E-state index is 12.2. The van der Waals surface area contributed by atoms with Crippen LogP contribution < -0.4 is 0 Å². The van der Waals surface area contributed by atoms with Crippen molar-refractivity contribution in [2.24, 2.45) is 0 Å². The van der Waals surface area contributed by atoms with Gasteiger partial charge in [-0.25, -0.2) is 4.79 Å². The minimum Gasteiger partial charge on any atom is -0.478 e. The van der Waals surface area contributed by atoms with Crippen molar-refractivity contribution in [1.82, 2.24) is 4.90 Å². The van der Waals surface area contributed by atoms with Gasteiger partial charge in [0.15, 0.2) is 0 Å². The van der Waals surface area contributed by atoms with Crippen LogP contribution in [0.3, 0.4) is 0 Å². The molecule has 0 radical (unpaired) electrons. The summed E-state index contributed by atoms with van der Waals surface area (Å²) in [5.41, 5.74) is 1.17. The van der Waals surface area contributed by atoms with Crippen LogP contribution >= 0.6 is 11.8 Å². The molecule has 122 valence electrons. The number of carboxylic acid groups (broad SMARTS) is 1. The Morgan fingerprint density at radius 1 is 0.958 bits per heavy atom. The van der Waals surface area contributed by atoms with Crippen LogP contribution in [-0.4, -0.2) is 40.1 Å². The summed E-state index contributed by atoms with van der Waals surface area (Å²) in [6.07, 6.45) is 0.601. The average molecular weight is 341 g/mol. The largest absolute Gasteiger partial charge is 0.478 e. The van der Waals surface area contributed by atoms with Crippen LogP contribution in [0, 0.1) is 0 Å². The molecule has 2 aromatic rings. The van der Waals surface area contributed by atoms with Gasteiger partial charge in [0, 0.05) is 11.4 Å². The molecule has 0 aromatic heterocycles. The highest BCUT2D eigenvalue weighted by molar-refractivity contribution is 7.99. The summed E-state index contributed by atoms with van der Waals surface area (Å²) in [6.45, 7) is 0.328. The van der Waals surface area contributed by atoms with Gasteiger partial charge in [0.05, 0.1) is 16.7 Å². The Morgan fingerprint density at radius 2 is 1.54 bits per heavy atom. The Labute approximate surface area is 143 Å². The highest BCUT2D eigenvalue weighted by Crippen LogP contribution is 2.25. The highest BCUT2D eigenvalue weighted by Gasteiger charge is 2.34. The van der Waals surface area contributed by atoms with Gasteiger partial charge in [0.1, 0.15) is 0 Å². The molecule has 0 aliphatic carbocycles. The first-order valence-electron chi connectivity index (χ1n) is 7.50. The molecule has 0 spiro atoms. The number of carboxylic acids is 1. The number of thioether (sulfide) groups is 1. The van der Waals surface area contributed by atoms with Gasteiger partial charge in [-0.3, -0.25) is 14.5 Å². The molecule has 0 saturated carbocycles. The number of imide groups is 1. The number of carbonyl (C=O) groups excluding carboxylic acids is 2. The first-order chi connectivity index (χ1) is 11.6. The maximum Gasteiger partial charge on any atom is 0.336 e. The molecule has 24 heavy (non-hydrogen) atoms. The second-order valence-electron chi connectivity index (χ2n) is 5.31. The molecule has 1 aliphatic heterocycles. The molecule has 6 heteroatoms. The van der Waals surface area contributed by atoms with E-state index in [9.17, 15) is 14.4 Å². The minimum absolute atomic E-state index is 0.258. The van der Waals surface area contributed by atoms with Crippen LogP contribution in [-0.2, 0) is 0 Å². The fraction of sp³-hybridized carbons (Fsp3) is 0.167. The molecule has 0 unspecified atom stereocenters. The summed E-state index contributed by atoms with van der Waals surface area (Å²) in [7, 11) is 0. The molecular formula is C18H15NO4S. The summed E-state index contributed by atoms with van der Waals surface area (Å²) in [4.78, 5) is 37.6. The Kier molecular flexibility index (Phi) is 4.66. The van der Waals surface area contributed by atoms with Gasteiger partial charge >= 0.3 is 5.97 Å². The zero-order valence-electron chi connectivity index (χ0n) is 12.8. The van der Waals surface area contributed by atoms with Crippen LogP contribution in [0.25, 0.3) is 0 Å². The maximum atomic E-state index is 12.2. The molecule has 2 amide bonds. The van der Waals surface area contributed by atoms with Crippen LogP contribution in [0.4, 0.5) is 0 Å². The predicted octanol–water partition coefficient (Wildman–Crippen LogP) is 3.16. The molecule has 0 bridgehead atoms. The Hall–Kier alpha value is -2.60. The molecule has 2 aromatic carbocycles. The number of aromatic carboxylic acids is 1. The van der Waals surface area contributed by atoms with Crippen molar-refractivity contribution in [1.29, 1.82) is 0 Å². The van der Waals surface area contributed by atoms with E-state index in [1.54, 1.807) is 48.5 Å². The average Bonchev–Trinajstić information content (AvgIpc) is 2.84. The van der Waals surface area contributed by atoms with E-state index < -0.39 is 5.97 Å². The van der Waals surface area contributed by atoms with E-state index in [0.717, 1.165) is 0 Å². The summed E-state index contributed by atoms with van der Waals surface area (Å²) >= 11 is 1.41. The van der Waals surface area contributed by atoms with Gasteiger partial charge in [-0.15, -0.1) is 11.8 Å². The van der Waals surface area contributed by atoms with E-state index in [0.29, 0.717) is 34.7 Å². The fourth-order valence-corrected chi connectivity index (χ4v) is 3.60. The predicted molar refractivity (Wildman–Crippen MR) is 90.6 cm³/mol. The molecule has 5 nitrogen and oxygen atoms in total. The van der Waals surface area contributed by atoms with Gasteiger partial charge in [-0.2, -0.15) is 0 Å². The summed E-state index contributed by atoms with van der Waals surface area (Å²) in [5.74, 6) is -0.853. The van der Waals surface area contributed by atoms with E-state index in [4.69, 9.17) is 5.11 Å². The van der Waals surface area contributed by atoms with Crippen molar-refractivity contribution in [2.45, 2.75) is 11.3 Å². The lowest BCUT2D eigenvalue weighted by Gasteiger charge is -2.13. The summed E-state index contributed by atoms with van der Waals surface area (Å²) in [6, 6.07) is 13.6. The number of rotatable bonds is 6. The van der Waals surface area contributed by atoms with Crippen molar-refractivity contribution in [2.75, 3.05) is 12.3 Å². The molecule has 0 atom stereocenters. The topological polar surface area (TPSA) is 74.7 Å². The zero-order chi connectivity index (χ0) is 17.1. The first-order valence-corrected chi connectivity index (χ1v) is 8.48. The normalized spacial score (nSPS) is 13.2. The Balaban J connectivity index is 1.58. The third kappa shape index (κ3) is 3.05. The lowest BCUT2D eigenvalue weighted by molar-refractivity contribution is 0.0651. The first kappa shape index (κ1) is 16.3. The SMILES string of the molecule is O=C(O)c1ccccc1SCCCN1C(=O)c2ccccc2C1=O. The number of fused-ring (bicyclic) bond motifs is 1. The van der Waals surface area contributed by atoms with Gasteiger partial charge in [-0.1, -0.05) is 24.3 Å². The molecular weight excluding hydrogens is 326 g/mol. The van der Waals surface area contributed by atoms with E-state index in [2.05, 4.69) is 0 Å². The summed E-state index contributed by atoms with van der Waals surface area (Å²) < 4.78 is 0. The molecule has 3 rings (SSSR count). The molecule has 1 aliphatic rings. The molecule has 0 saturated heterocycles. The number of benzene rings is 2. The lowest BCUT2D eigenvalue weighted by Crippen LogP contribution is -2.31. The quantitative estimate of drug-likeness (QED) is 0.496. The van der Waals surface area contributed by atoms with Gasteiger partial charge < -0.3 is 5.11 Å². The van der Waals surface area contributed by atoms with Gasteiger partial charge in [-0.05, 0) is 36.4 Å². The summed E-state index contributed by atoms with van der Waals surface area (Å²) in [5, 5.41) is 9.15. The van der Waals surface area contributed by atoms with Crippen molar-refractivity contribution in [3.63, 3.8) is 0 Å². The van der Waals surface area contributed by atoms with Crippen molar-refractivity contribution < 1.29 is 19.5 Å². The van der Waals surface area contributed by atoms with E-state index in [-0.39, 0.29) is 17.4 Å². The number of hydrogen-bond acceptors (Lipinski definition) is 4. The number of carbonyl (C=O) groups is 3. The lowest BCUT2D eigenvalue weighted by atomic mass is 10.1. The monoisotopic (exact) mass is 341 g/mol. The molecule has 0 fully saturated rings. The van der Waals surface area contributed by atoms with Crippen molar-refractivity contribution in [3.8, 4) is 0 Å². The van der Waals surface area contributed by atoms with Crippen LogP contribution in [0.1, 0.15) is 37.5 Å². The van der Waals surface area contributed by atoms with Crippen LogP contribution in [0.2, 0.25) is 0 Å². The zero-order valence-corrected chi connectivity index (χ0v) is 13.6. The van der Waals surface area contributed by atoms with E-state index in [1.807, 2.05) is 0 Å². The van der Waals surface area contributed by atoms with E-state index >= 15 is 0 Å². The molecule has 1 N–H and O–H groups in total. The van der Waals surface area contributed by atoms with Crippen molar-refractivity contribution in [3.05, 3.63) is 65.2 Å². The minimum atomic E-state index is -0.960. The molecule has 1 heterocycles. The Bertz CT molecular complexity index is 783. The second-order valence-corrected chi connectivity index (χ2v) is 6.45. The number of hydrogen-bond donors (Lipinski definition) is 1. The smallest absolute Gasteiger partial charge is 0.336 e. The van der Waals surface area contributed by atoms with Gasteiger partial charge in [0.2, 0.25) is 0 Å². The Morgan fingerprint density at radius 3 is 2.17 bits per heavy atom. The van der Waals surface area contributed by atoms with Gasteiger partial charge in [0.25, 0.3) is 11.8 Å². The third-order valence-electron chi connectivity index (χ3n) is 3.78. The third-order valence-corrected chi connectivity index (χ3v) is 4.94.